The minimum atomic E-state index is -0.659. The first-order valence-electron chi connectivity index (χ1n) is 8.36. The summed E-state index contributed by atoms with van der Waals surface area (Å²) in [6.07, 6.45) is 2.26. The number of hydrogen-bond donors (Lipinski definition) is 1. The number of Topliss-reactive ketones (excluding diaryl/α,β-unsaturated/α-hetero) is 2. The van der Waals surface area contributed by atoms with Crippen LogP contribution in [-0.2, 0) is 9.59 Å². The van der Waals surface area contributed by atoms with E-state index in [1.165, 1.54) is 31.1 Å². The van der Waals surface area contributed by atoms with Gasteiger partial charge < -0.3 is 20.1 Å². The van der Waals surface area contributed by atoms with E-state index in [4.69, 9.17) is 15.2 Å². The molecule has 0 saturated carbocycles. The number of ketones is 2. The average molecular weight is 348 g/mol. The fourth-order valence-corrected chi connectivity index (χ4v) is 2.95. The van der Waals surface area contributed by atoms with Gasteiger partial charge in [0.15, 0.2) is 17.3 Å². The van der Waals surface area contributed by atoms with Gasteiger partial charge in [0, 0.05) is 18.7 Å². The van der Waals surface area contributed by atoms with Gasteiger partial charge in [0.1, 0.15) is 6.61 Å². The van der Waals surface area contributed by atoms with Crippen LogP contribution in [0, 0.1) is 0 Å². The van der Waals surface area contributed by atoms with Gasteiger partial charge in [0.05, 0.1) is 13.2 Å². The lowest BCUT2D eigenvalue weighted by atomic mass is 9.97. The Hall–Kier alpha value is -2.41. The van der Waals surface area contributed by atoms with Gasteiger partial charge >= 0.3 is 0 Å². The fourth-order valence-electron chi connectivity index (χ4n) is 2.95. The zero-order chi connectivity index (χ0) is 18.4. The summed E-state index contributed by atoms with van der Waals surface area (Å²) in [6.45, 7) is 2.45. The number of methoxy groups -OCH3 is 1. The van der Waals surface area contributed by atoms with E-state index in [1.54, 1.807) is 6.07 Å². The predicted octanol–water partition coefficient (Wildman–Crippen LogP) is 1.19. The Morgan fingerprint density at radius 2 is 2.00 bits per heavy atom. The summed E-state index contributed by atoms with van der Waals surface area (Å²) in [4.78, 5) is 38.4. The SMILES string of the molecule is COc1ccc(C(=O)C(=O)N2CCCCC2C(C)=O)cc1OCCN. The van der Waals surface area contributed by atoms with Crippen LogP contribution in [0.15, 0.2) is 18.2 Å². The van der Waals surface area contributed by atoms with Crippen LogP contribution in [0.3, 0.4) is 0 Å². The van der Waals surface area contributed by atoms with E-state index < -0.39 is 17.7 Å². The summed E-state index contributed by atoms with van der Waals surface area (Å²) < 4.78 is 10.7. The van der Waals surface area contributed by atoms with Crippen LogP contribution in [0.1, 0.15) is 36.5 Å². The second-order valence-electron chi connectivity index (χ2n) is 5.95. The van der Waals surface area contributed by atoms with Crippen molar-refractivity contribution in [3.8, 4) is 11.5 Å². The maximum absolute atomic E-state index is 12.6. The average Bonchev–Trinajstić information content (AvgIpc) is 2.64. The number of amides is 1. The van der Waals surface area contributed by atoms with Crippen molar-refractivity contribution >= 4 is 17.5 Å². The highest BCUT2D eigenvalue weighted by molar-refractivity contribution is 6.43. The highest BCUT2D eigenvalue weighted by Crippen LogP contribution is 2.29. The van der Waals surface area contributed by atoms with Crippen molar-refractivity contribution in [2.75, 3.05) is 26.8 Å². The maximum atomic E-state index is 12.6. The Kier molecular flexibility index (Phi) is 6.52. The molecular formula is C18H24N2O5. The standard InChI is InChI=1S/C18H24N2O5/c1-12(21)14-5-3-4-9-20(14)18(23)17(22)13-6-7-15(24-2)16(11-13)25-10-8-19/h6-7,11,14H,3-5,8-10,19H2,1-2H3. The second-order valence-corrected chi connectivity index (χ2v) is 5.95. The van der Waals surface area contributed by atoms with Gasteiger partial charge in [-0.2, -0.15) is 0 Å². The van der Waals surface area contributed by atoms with Crippen LogP contribution in [0.25, 0.3) is 0 Å². The van der Waals surface area contributed by atoms with Crippen LogP contribution in [0.2, 0.25) is 0 Å². The molecule has 0 spiro atoms. The van der Waals surface area contributed by atoms with Crippen molar-refractivity contribution in [2.24, 2.45) is 5.73 Å². The van der Waals surface area contributed by atoms with Crippen molar-refractivity contribution in [1.29, 1.82) is 0 Å². The van der Waals surface area contributed by atoms with Gasteiger partial charge in [0.25, 0.3) is 11.7 Å². The summed E-state index contributed by atoms with van der Waals surface area (Å²) in [5, 5.41) is 0. The lowest BCUT2D eigenvalue weighted by molar-refractivity contribution is -0.136. The van der Waals surface area contributed by atoms with Crippen LogP contribution >= 0.6 is 0 Å². The first-order chi connectivity index (χ1) is 12.0. The second kappa shape index (κ2) is 8.62. The summed E-state index contributed by atoms with van der Waals surface area (Å²) in [7, 11) is 1.49. The fraction of sp³-hybridized carbons (Fsp3) is 0.500. The Bertz CT molecular complexity index is 659. The third-order valence-electron chi connectivity index (χ3n) is 4.23. The molecule has 1 aliphatic rings. The van der Waals surface area contributed by atoms with Gasteiger partial charge in [-0.3, -0.25) is 14.4 Å². The van der Waals surface area contributed by atoms with E-state index in [1.807, 2.05) is 0 Å². The van der Waals surface area contributed by atoms with E-state index in [-0.39, 0.29) is 18.0 Å². The molecule has 7 nitrogen and oxygen atoms in total. The lowest BCUT2D eigenvalue weighted by Crippen LogP contribution is -2.49. The third kappa shape index (κ3) is 4.36. The van der Waals surface area contributed by atoms with E-state index in [9.17, 15) is 14.4 Å². The van der Waals surface area contributed by atoms with Crippen LogP contribution < -0.4 is 15.2 Å². The molecular weight excluding hydrogens is 324 g/mol. The van der Waals surface area contributed by atoms with Gasteiger partial charge in [-0.15, -0.1) is 0 Å². The number of rotatable bonds is 7. The molecule has 1 fully saturated rings. The van der Waals surface area contributed by atoms with E-state index in [0.717, 1.165) is 12.8 Å². The first kappa shape index (κ1) is 18.9. The molecule has 136 valence electrons. The molecule has 1 heterocycles. The normalized spacial score (nSPS) is 17.1. The molecule has 25 heavy (non-hydrogen) atoms. The number of benzene rings is 1. The largest absolute Gasteiger partial charge is 0.493 e. The molecule has 2 rings (SSSR count). The number of carbonyl (C=O) groups excluding carboxylic acids is 3. The Morgan fingerprint density at radius 3 is 2.64 bits per heavy atom. The molecule has 1 aromatic rings. The van der Waals surface area contributed by atoms with Gasteiger partial charge in [-0.1, -0.05) is 0 Å². The van der Waals surface area contributed by atoms with Gasteiger partial charge in [-0.25, -0.2) is 0 Å². The van der Waals surface area contributed by atoms with E-state index in [0.29, 0.717) is 31.0 Å². The van der Waals surface area contributed by atoms with Crippen molar-refractivity contribution in [2.45, 2.75) is 32.2 Å². The molecule has 1 amide bonds. The van der Waals surface area contributed by atoms with Crippen molar-refractivity contribution in [3.63, 3.8) is 0 Å². The molecule has 1 aromatic carbocycles. The first-order valence-corrected chi connectivity index (χ1v) is 8.36. The molecule has 0 bridgehead atoms. The minimum absolute atomic E-state index is 0.0949. The highest BCUT2D eigenvalue weighted by atomic mass is 16.5. The molecule has 1 aliphatic heterocycles. The topological polar surface area (TPSA) is 98.9 Å². The lowest BCUT2D eigenvalue weighted by Gasteiger charge is -2.33. The van der Waals surface area contributed by atoms with Gasteiger partial charge in [-0.05, 0) is 44.4 Å². The zero-order valence-electron chi connectivity index (χ0n) is 14.6. The molecule has 0 aromatic heterocycles. The predicted molar refractivity (Wildman–Crippen MR) is 91.9 cm³/mol. The molecule has 1 atom stereocenters. The summed E-state index contributed by atoms with van der Waals surface area (Å²) >= 11 is 0. The van der Waals surface area contributed by atoms with Crippen molar-refractivity contribution in [1.82, 2.24) is 4.90 Å². The summed E-state index contributed by atoms with van der Waals surface area (Å²) in [5.41, 5.74) is 5.63. The van der Waals surface area contributed by atoms with Crippen LogP contribution in [0.5, 0.6) is 11.5 Å². The Balaban J connectivity index is 2.23. The number of piperidine rings is 1. The maximum Gasteiger partial charge on any atom is 0.295 e. The molecule has 1 saturated heterocycles. The number of carbonyl (C=O) groups is 3. The smallest absolute Gasteiger partial charge is 0.295 e. The molecule has 0 radical (unpaired) electrons. The molecule has 2 N–H and O–H groups in total. The highest BCUT2D eigenvalue weighted by Gasteiger charge is 2.33. The number of ether oxygens (including phenoxy) is 2. The Morgan fingerprint density at radius 1 is 1.24 bits per heavy atom. The minimum Gasteiger partial charge on any atom is -0.493 e. The molecule has 0 aliphatic carbocycles. The third-order valence-corrected chi connectivity index (χ3v) is 4.23. The number of likely N-dealkylation sites (tertiary alicyclic amines) is 1. The van der Waals surface area contributed by atoms with Crippen molar-refractivity contribution in [3.05, 3.63) is 23.8 Å². The number of nitrogens with zero attached hydrogens (tertiary/aromatic N) is 1. The van der Waals surface area contributed by atoms with E-state index >= 15 is 0 Å². The molecule has 7 heteroatoms. The van der Waals surface area contributed by atoms with Crippen molar-refractivity contribution < 1.29 is 23.9 Å². The quantitative estimate of drug-likeness (QED) is 0.587. The summed E-state index contributed by atoms with van der Waals surface area (Å²) in [6, 6.07) is 4.05. The number of nitrogens with two attached hydrogens (primary N) is 1. The van der Waals surface area contributed by atoms with E-state index in [2.05, 4.69) is 0 Å². The Labute approximate surface area is 147 Å². The van der Waals surface area contributed by atoms with Gasteiger partial charge in [0.2, 0.25) is 0 Å². The number of hydrogen-bond acceptors (Lipinski definition) is 6. The summed E-state index contributed by atoms with van der Waals surface area (Å²) in [5.74, 6) is -0.601. The zero-order valence-corrected chi connectivity index (χ0v) is 14.6. The van der Waals surface area contributed by atoms with Crippen LogP contribution in [0.4, 0.5) is 0 Å². The van der Waals surface area contributed by atoms with Crippen LogP contribution in [-0.4, -0.2) is 55.2 Å². The molecule has 1 unspecified atom stereocenters. The monoisotopic (exact) mass is 348 g/mol.